The summed E-state index contributed by atoms with van der Waals surface area (Å²) in [5.74, 6) is 0. The van der Waals surface area contributed by atoms with Gasteiger partial charge in [-0.05, 0) is 39.5 Å². The highest BCUT2D eigenvalue weighted by Crippen LogP contribution is 2.27. The highest BCUT2D eigenvalue weighted by atomic mass is 16.6. The Morgan fingerprint density at radius 2 is 2.00 bits per heavy atom. The van der Waals surface area contributed by atoms with E-state index >= 15 is 0 Å². The maximum absolute atomic E-state index is 11.1. The summed E-state index contributed by atoms with van der Waals surface area (Å²) >= 11 is 0. The molecule has 0 unspecified atom stereocenters. The van der Waals surface area contributed by atoms with E-state index in [2.05, 4.69) is 5.32 Å². The van der Waals surface area contributed by atoms with Crippen molar-refractivity contribution in [1.82, 2.24) is 5.32 Å². The molecule has 0 aromatic carbocycles. The average molecular weight is 170 g/mol. The van der Waals surface area contributed by atoms with E-state index in [0.717, 1.165) is 31.8 Å². The van der Waals surface area contributed by atoms with E-state index in [1.165, 1.54) is 0 Å². The largest absolute Gasteiger partial charge is 0.439 e. The summed E-state index contributed by atoms with van der Waals surface area (Å²) in [6, 6.07) is 0.152. The van der Waals surface area contributed by atoms with Crippen LogP contribution < -0.4 is 5.32 Å². The summed E-state index contributed by atoms with van der Waals surface area (Å²) in [5, 5.41) is 2.69. The minimum absolute atomic E-state index is 0.152. The van der Waals surface area contributed by atoms with Crippen LogP contribution in [-0.2, 0) is 4.74 Å². The van der Waals surface area contributed by atoms with Crippen molar-refractivity contribution in [3.05, 3.63) is 6.10 Å². The lowest BCUT2D eigenvalue weighted by Gasteiger charge is -2.12. The first kappa shape index (κ1) is 9.36. The molecule has 0 saturated heterocycles. The quantitative estimate of drug-likeness (QED) is 0.690. The van der Waals surface area contributed by atoms with Crippen LogP contribution in [0.2, 0.25) is 0 Å². The van der Waals surface area contributed by atoms with Crippen LogP contribution in [0.4, 0.5) is 4.79 Å². The fourth-order valence-electron chi connectivity index (χ4n) is 1.27. The maximum atomic E-state index is 11.1. The second-order valence-electron chi connectivity index (χ2n) is 3.43. The molecule has 1 aliphatic carbocycles. The molecule has 69 valence electrons. The fraction of sp³-hybridized carbons (Fsp3) is 0.778. The highest BCUT2D eigenvalue weighted by Gasteiger charge is 2.20. The van der Waals surface area contributed by atoms with Crippen LogP contribution in [0.15, 0.2) is 0 Å². The molecule has 1 saturated carbocycles. The Bertz CT molecular complexity index is 151. The van der Waals surface area contributed by atoms with Gasteiger partial charge in [-0.2, -0.15) is 0 Å². The second kappa shape index (κ2) is 4.33. The molecule has 0 spiro atoms. The van der Waals surface area contributed by atoms with Gasteiger partial charge < -0.3 is 10.1 Å². The first-order valence-corrected chi connectivity index (χ1v) is 4.51. The van der Waals surface area contributed by atoms with E-state index in [-0.39, 0.29) is 12.1 Å². The zero-order valence-corrected chi connectivity index (χ0v) is 7.72. The highest BCUT2D eigenvalue weighted by molar-refractivity contribution is 5.68. The molecule has 1 aliphatic rings. The fourth-order valence-corrected chi connectivity index (χ4v) is 1.27. The molecule has 1 fully saturated rings. The normalized spacial score (nSPS) is 18.2. The molecular formula is C9H16NO2. The Morgan fingerprint density at radius 3 is 2.50 bits per heavy atom. The number of nitrogens with one attached hydrogen (secondary N) is 1. The molecule has 0 atom stereocenters. The van der Waals surface area contributed by atoms with Crippen LogP contribution in [0.25, 0.3) is 0 Å². The van der Waals surface area contributed by atoms with Crippen molar-refractivity contribution in [2.24, 2.45) is 0 Å². The molecule has 3 nitrogen and oxygen atoms in total. The summed E-state index contributed by atoms with van der Waals surface area (Å²) in [6.07, 6.45) is 4.85. The number of alkyl carbamates (subject to hydrolysis) is 1. The molecule has 0 aromatic heterocycles. The molecule has 0 aliphatic heterocycles. The monoisotopic (exact) mass is 170 g/mol. The molecule has 12 heavy (non-hydrogen) atoms. The van der Waals surface area contributed by atoms with E-state index in [9.17, 15) is 4.79 Å². The molecule has 3 heteroatoms. The predicted molar refractivity (Wildman–Crippen MR) is 46.5 cm³/mol. The van der Waals surface area contributed by atoms with Crippen molar-refractivity contribution in [2.75, 3.05) is 0 Å². The number of carbonyl (C=O) groups excluding carboxylic acids is 1. The molecule has 1 radical (unpaired) electrons. The Balaban J connectivity index is 2.16. The zero-order chi connectivity index (χ0) is 8.97. The molecule has 0 heterocycles. The Hall–Kier alpha value is -0.730. The van der Waals surface area contributed by atoms with Gasteiger partial charge >= 0.3 is 6.09 Å². The molecular weight excluding hydrogens is 154 g/mol. The zero-order valence-electron chi connectivity index (χ0n) is 7.72. The van der Waals surface area contributed by atoms with Crippen LogP contribution in [0.3, 0.4) is 0 Å². The summed E-state index contributed by atoms with van der Waals surface area (Å²) in [5.41, 5.74) is 0. The second-order valence-corrected chi connectivity index (χ2v) is 3.43. The van der Waals surface area contributed by atoms with Crippen molar-refractivity contribution < 1.29 is 9.53 Å². The van der Waals surface area contributed by atoms with Crippen molar-refractivity contribution >= 4 is 6.09 Å². The van der Waals surface area contributed by atoms with E-state index in [1.54, 1.807) is 0 Å². The third kappa shape index (κ3) is 3.11. The van der Waals surface area contributed by atoms with Crippen LogP contribution in [-0.4, -0.2) is 12.1 Å². The van der Waals surface area contributed by atoms with Gasteiger partial charge in [-0.15, -0.1) is 0 Å². The Morgan fingerprint density at radius 1 is 1.42 bits per heavy atom. The molecule has 1 N–H and O–H groups in total. The number of hydrogen-bond acceptors (Lipinski definition) is 2. The van der Waals surface area contributed by atoms with Crippen LogP contribution in [0, 0.1) is 6.10 Å². The van der Waals surface area contributed by atoms with E-state index in [0.29, 0.717) is 0 Å². The number of carbonyl (C=O) groups is 1. The van der Waals surface area contributed by atoms with Gasteiger partial charge in [0.25, 0.3) is 0 Å². The number of amides is 1. The summed E-state index contributed by atoms with van der Waals surface area (Å²) in [4.78, 5) is 11.1. The number of rotatable bonds is 2. The van der Waals surface area contributed by atoms with E-state index < -0.39 is 0 Å². The predicted octanol–water partition coefficient (Wildman–Crippen LogP) is 2.23. The summed E-state index contributed by atoms with van der Waals surface area (Å²) in [6.45, 7) is 3.83. The molecule has 0 aromatic rings. The lowest BCUT2D eigenvalue weighted by Crippen LogP contribution is -2.31. The topological polar surface area (TPSA) is 38.3 Å². The smallest absolute Gasteiger partial charge is 0.408 e. The maximum Gasteiger partial charge on any atom is 0.408 e. The van der Waals surface area contributed by atoms with Crippen molar-refractivity contribution in [3.8, 4) is 0 Å². The minimum atomic E-state index is -0.304. The average Bonchev–Trinajstić information content (AvgIpc) is 2.37. The lowest BCUT2D eigenvalue weighted by atomic mass is 10.3. The Labute approximate surface area is 73.5 Å². The lowest BCUT2D eigenvalue weighted by molar-refractivity contribution is 0.146. The van der Waals surface area contributed by atoms with Crippen molar-refractivity contribution in [3.63, 3.8) is 0 Å². The third-order valence-corrected chi connectivity index (χ3v) is 1.80. The third-order valence-electron chi connectivity index (χ3n) is 1.80. The van der Waals surface area contributed by atoms with Gasteiger partial charge in [0.15, 0.2) is 6.10 Å². The molecule has 1 amide bonds. The van der Waals surface area contributed by atoms with Gasteiger partial charge in [0.05, 0.1) is 0 Å². The van der Waals surface area contributed by atoms with E-state index in [1.807, 2.05) is 13.8 Å². The van der Waals surface area contributed by atoms with Gasteiger partial charge in [0.2, 0.25) is 0 Å². The molecule has 0 bridgehead atoms. The first-order valence-electron chi connectivity index (χ1n) is 4.51. The summed E-state index contributed by atoms with van der Waals surface area (Å²) < 4.78 is 5.09. The number of hydrogen-bond donors (Lipinski definition) is 1. The van der Waals surface area contributed by atoms with Gasteiger partial charge in [-0.1, -0.05) is 0 Å². The van der Waals surface area contributed by atoms with Gasteiger partial charge in [0, 0.05) is 6.04 Å². The van der Waals surface area contributed by atoms with Crippen molar-refractivity contribution in [1.29, 1.82) is 0 Å². The van der Waals surface area contributed by atoms with Crippen molar-refractivity contribution in [2.45, 2.75) is 45.6 Å². The Kier molecular flexibility index (Phi) is 3.38. The van der Waals surface area contributed by atoms with Crippen LogP contribution >= 0.6 is 0 Å². The minimum Gasteiger partial charge on any atom is -0.439 e. The van der Waals surface area contributed by atoms with Gasteiger partial charge in [-0.25, -0.2) is 4.79 Å². The SMILES string of the molecule is CC(C)NC(=O)O[C]1CCCC1. The standard InChI is InChI=1S/C9H16NO2/c1-7(2)10-9(11)12-8-5-3-4-6-8/h7H,3-6H2,1-2H3,(H,10,11). The van der Waals surface area contributed by atoms with Crippen LogP contribution in [0.1, 0.15) is 39.5 Å². The molecule has 1 rings (SSSR count). The first-order chi connectivity index (χ1) is 5.68. The van der Waals surface area contributed by atoms with Gasteiger partial charge in [0.1, 0.15) is 0 Å². The summed E-state index contributed by atoms with van der Waals surface area (Å²) in [7, 11) is 0. The van der Waals surface area contributed by atoms with Gasteiger partial charge in [-0.3, -0.25) is 0 Å². The van der Waals surface area contributed by atoms with Crippen LogP contribution in [0.5, 0.6) is 0 Å². The number of ether oxygens (including phenoxy) is 1. The van der Waals surface area contributed by atoms with E-state index in [4.69, 9.17) is 4.74 Å².